The molecule has 0 radical (unpaired) electrons. The largest absolute Gasteiger partial charge is 0.508 e. The first kappa shape index (κ1) is 21.4. The summed E-state index contributed by atoms with van der Waals surface area (Å²) in [4.78, 5) is 13.4. The second-order valence-electron chi connectivity index (χ2n) is 7.04. The third-order valence-corrected chi connectivity index (χ3v) is 6.53. The first-order chi connectivity index (χ1) is 14.1. The van der Waals surface area contributed by atoms with Gasteiger partial charge in [-0.25, -0.2) is 8.42 Å². The maximum Gasteiger partial charge on any atom is 0.272 e. The minimum absolute atomic E-state index is 0.0285. The van der Waals surface area contributed by atoms with Gasteiger partial charge in [0.25, 0.3) is 15.9 Å². The number of nitrogens with zero attached hydrogens (tertiary/aromatic N) is 1. The number of amides is 1. The van der Waals surface area contributed by atoms with E-state index in [1.54, 1.807) is 38.1 Å². The number of sulfonamides is 1. The van der Waals surface area contributed by atoms with Gasteiger partial charge in [-0.3, -0.25) is 4.79 Å². The Morgan fingerprint density at radius 2 is 1.50 bits per heavy atom. The van der Waals surface area contributed by atoms with Gasteiger partial charge in [0.2, 0.25) is 0 Å². The van der Waals surface area contributed by atoms with Gasteiger partial charge in [-0.15, -0.1) is 0 Å². The van der Waals surface area contributed by atoms with Crippen molar-refractivity contribution in [1.82, 2.24) is 0 Å². The molecule has 0 bridgehead atoms. The van der Waals surface area contributed by atoms with Gasteiger partial charge in [0.1, 0.15) is 11.5 Å². The Morgan fingerprint density at radius 3 is 2.07 bits per heavy atom. The van der Waals surface area contributed by atoms with Crippen molar-refractivity contribution in [1.29, 1.82) is 0 Å². The normalized spacial score (nSPS) is 11.2. The van der Waals surface area contributed by atoms with Gasteiger partial charge in [-0.05, 0) is 80.4 Å². The summed E-state index contributed by atoms with van der Waals surface area (Å²) < 4.78 is 33.0. The van der Waals surface area contributed by atoms with Crippen molar-refractivity contribution < 1.29 is 23.1 Å². The number of carbonyl (C=O) groups is 1. The van der Waals surface area contributed by atoms with Crippen LogP contribution in [0, 0.1) is 20.8 Å². The van der Waals surface area contributed by atoms with E-state index < -0.39 is 15.9 Å². The van der Waals surface area contributed by atoms with Crippen molar-refractivity contribution >= 4 is 21.6 Å². The van der Waals surface area contributed by atoms with E-state index in [1.165, 1.54) is 43.5 Å². The van der Waals surface area contributed by atoms with Crippen molar-refractivity contribution in [2.24, 2.45) is 0 Å². The van der Waals surface area contributed by atoms with Crippen LogP contribution in [-0.4, -0.2) is 26.5 Å². The molecule has 6 nitrogen and oxygen atoms in total. The molecule has 0 fully saturated rings. The van der Waals surface area contributed by atoms with E-state index >= 15 is 0 Å². The average molecular weight is 426 g/mol. The summed E-state index contributed by atoms with van der Waals surface area (Å²) in [5, 5.41) is 10.0. The van der Waals surface area contributed by atoms with Crippen molar-refractivity contribution in [2.45, 2.75) is 25.7 Å². The lowest BCUT2D eigenvalue weighted by atomic mass is 10.1. The number of benzene rings is 3. The number of hydrogen-bond acceptors (Lipinski definition) is 5. The molecule has 7 heteroatoms. The molecule has 3 aromatic rings. The van der Waals surface area contributed by atoms with Gasteiger partial charge >= 0.3 is 0 Å². The Morgan fingerprint density at radius 1 is 0.900 bits per heavy atom. The Kier molecular flexibility index (Phi) is 5.85. The van der Waals surface area contributed by atoms with E-state index in [0.29, 0.717) is 16.9 Å². The summed E-state index contributed by atoms with van der Waals surface area (Å²) >= 11 is 0. The Hall–Kier alpha value is -3.32. The molecule has 0 saturated carbocycles. The Labute approximate surface area is 176 Å². The first-order valence-electron chi connectivity index (χ1n) is 9.25. The number of aromatic hydroxyl groups is 1. The zero-order valence-corrected chi connectivity index (χ0v) is 18.0. The third-order valence-electron chi connectivity index (χ3n) is 4.81. The molecule has 0 atom stereocenters. The molecule has 30 heavy (non-hydrogen) atoms. The molecule has 0 aliphatic heterocycles. The van der Waals surface area contributed by atoms with Crippen LogP contribution in [0.3, 0.4) is 0 Å². The van der Waals surface area contributed by atoms with Crippen LogP contribution >= 0.6 is 0 Å². The van der Waals surface area contributed by atoms with Gasteiger partial charge in [0, 0.05) is 5.56 Å². The highest BCUT2D eigenvalue weighted by atomic mass is 32.2. The highest BCUT2D eigenvalue weighted by Crippen LogP contribution is 2.33. The lowest BCUT2D eigenvalue weighted by Crippen LogP contribution is -2.37. The molecule has 0 unspecified atom stereocenters. The highest BCUT2D eigenvalue weighted by molar-refractivity contribution is 7.93. The topological polar surface area (TPSA) is 83.9 Å². The van der Waals surface area contributed by atoms with Gasteiger partial charge in [0.15, 0.2) is 0 Å². The summed E-state index contributed by atoms with van der Waals surface area (Å²) in [6.45, 7) is 5.17. The lowest BCUT2D eigenvalue weighted by molar-refractivity contribution is 0.100. The van der Waals surface area contributed by atoms with E-state index in [1.807, 2.05) is 6.92 Å². The molecule has 0 saturated heterocycles. The average Bonchev–Trinajstić information content (AvgIpc) is 2.72. The maximum absolute atomic E-state index is 13.6. The fraction of sp³-hybridized carbons (Fsp3) is 0.174. The van der Waals surface area contributed by atoms with Crippen LogP contribution in [0.15, 0.2) is 65.6 Å². The van der Waals surface area contributed by atoms with E-state index in [2.05, 4.69) is 0 Å². The standard InChI is InChI=1S/C23H23NO5S/c1-15-5-7-18(8-6-15)23(26)24(21-13-17(3)22(25)14-16(21)2)30(27,28)20-11-9-19(29-4)10-12-20/h5-14,25H,1-4H3. The number of rotatable bonds is 5. The third kappa shape index (κ3) is 4.02. The Balaban J connectivity index is 2.22. The van der Waals surface area contributed by atoms with Gasteiger partial charge in [-0.1, -0.05) is 17.7 Å². The molecular formula is C23H23NO5S. The summed E-state index contributed by atoms with van der Waals surface area (Å²) in [5.74, 6) is -0.151. The molecule has 1 N–H and O–H groups in total. The molecule has 0 heterocycles. The number of ether oxygens (including phenoxy) is 1. The summed E-state index contributed by atoms with van der Waals surface area (Å²) in [5.41, 5.74) is 2.29. The number of anilines is 1. The van der Waals surface area contributed by atoms with Crippen LogP contribution in [0.1, 0.15) is 27.0 Å². The molecule has 3 aromatic carbocycles. The molecule has 0 aliphatic rings. The SMILES string of the molecule is COc1ccc(S(=O)(=O)N(C(=O)c2ccc(C)cc2)c2cc(C)c(O)cc2C)cc1. The number of carbonyl (C=O) groups excluding carboxylic acids is 1. The van der Waals surface area contributed by atoms with Crippen LogP contribution in [0.4, 0.5) is 5.69 Å². The summed E-state index contributed by atoms with van der Waals surface area (Å²) in [7, 11) is -2.76. The molecule has 0 aromatic heterocycles. The Bertz CT molecular complexity index is 1180. The summed E-state index contributed by atoms with van der Waals surface area (Å²) in [6.07, 6.45) is 0. The molecule has 0 spiro atoms. The molecular weight excluding hydrogens is 402 g/mol. The lowest BCUT2D eigenvalue weighted by Gasteiger charge is -2.25. The zero-order valence-electron chi connectivity index (χ0n) is 17.2. The number of phenolic OH excluding ortho intramolecular Hbond substituents is 1. The predicted octanol–water partition coefficient (Wildman–Crippen LogP) is 4.36. The van der Waals surface area contributed by atoms with Crippen molar-refractivity contribution in [3.8, 4) is 11.5 Å². The minimum atomic E-state index is -4.24. The molecule has 156 valence electrons. The monoisotopic (exact) mass is 425 g/mol. The van der Waals surface area contributed by atoms with Crippen molar-refractivity contribution in [3.63, 3.8) is 0 Å². The maximum atomic E-state index is 13.6. The molecule has 0 aliphatic carbocycles. The van der Waals surface area contributed by atoms with Crippen LogP contribution in [0.2, 0.25) is 0 Å². The van der Waals surface area contributed by atoms with E-state index in [4.69, 9.17) is 4.74 Å². The zero-order chi connectivity index (χ0) is 22.1. The smallest absolute Gasteiger partial charge is 0.272 e. The minimum Gasteiger partial charge on any atom is -0.508 e. The van der Waals surface area contributed by atoms with Gasteiger partial charge in [0.05, 0.1) is 17.7 Å². The van der Waals surface area contributed by atoms with Crippen LogP contribution in [-0.2, 0) is 10.0 Å². The summed E-state index contributed by atoms with van der Waals surface area (Å²) in [6, 6.07) is 15.5. The predicted molar refractivity (Wildman–Crippen MR) is 116 cm³/mol. The quantitative estimate of drug-likeness (QED) is 0.657. The molecule has 1 amide bonds. The fourth-order valence-corrected chi connectivity index (χ4v) is 4.49. The highest BCUT2D eigenvalue weighted by Gasteiger charge is 2.33. The first-order valence-corrected chi connectivity index (χ1v) is 10.7. The van der Waals surface area contributed by atoms with Crippen LogP contribution < -0.4 is 9.04 Å². The van der Waals surface area contributed by atoms with Crippen molar-refractivity contribution in [3.05, 3.63) is 82.9 Å². The number of methoxy groups -OCH3 is 1. The van der Waals surface area contributed by atoms with Crippen LogP contribution in [0.5, 0.6) is 11.5 Å². The van der Waals surface area contributed by atoms with Gasteiger partial charge < -0.3 is 9.84 Å². The van der Waals surface area contributed by atoms with Crippen LogP contribution in [0.25, 0.3) is 0 Å². The van der Waals surface area contributed by atoms with E-state index in [9.17, 15) is 18.3 Å². The number of hydrogen-bond donors (Lipinski definition) is 1. The van der Waals surface area contributed by atoms with Gasteiger partial charge in [-0.2, -0.15) is 4.31 Å². The molecule has 3 rings (SSSR count). The fourth-order valence-electron chi connectivity index (χ4n) is 3.02. The second kappa shape index (κ2) is 8.20. The van der Waals surface area contributed by atoms with Crippen molar-refractivity contribution in [2.75, 3.05) is 11.4 Å². The van der Waals surface area contributed by atoms with E-state index in [-0.39, 0.29) is 21.9 Å². The number of aryl methyl sites for hydroxylation is 3. The second-order valence-corrected chi connectivity index (χ2v) is 8.83. The van der Waals surface area contributed by atoms with E-state index in [0.717, 1.165) is 9.87 Å². The number of phenols is 1.